The maximum Gasteiger partial charge on any atom is 0.249 e. The maximum absolute atomic E-state index is 11.0. The smallest absolute Gasteiger partial charge is 0.249 e. The minimum atomic E-state index is -0.0135. The van der Waals surface area contributed by atoms with E-state index in [0.29, 0.717) is 4.77 Å². The Labute approximate surface area is 68.7 Å². The molecule has 1 aromatic rings. The Bertz CT molecular complexity index is 355. The molecular formula is C4H8N2OSSi2. The summed E-state index contributed by atoms with van der Waals surface area (Å²) in [5, 5.41) is 1.92. The van der Waals surface area contributed by atoms with Gasteiger partial charge in [0.2, 0.25) is 5.56 Å². The highest BCUT2D eigenvalue weighted by Gasteiger charge is 1.94. The Morgan fingerprint density at radius 3 is 2.40 bits per heavy atom. The zero-order chi connectivity index (χ0) is 7.72. The number of aromatic amines is 2. The second-order valence-electron chi connectivity index (χ2n) is 2.16. The SMILES string of the molecule is O=c1[nH]c(=S)[nH]c([SiH3])c1[SiH3]. The van der Waals surface area contributed by atoms with E-state index in [-0.39, 0.29) is 5.56 Å². The summed E-state index contributed by atoms with van der Waals surface area (Å²) in [7, 11) is 1.66. The predicted molar refractivity (Wildman–Crippen MR) is 51.4 cm³/mol. The van der Waals surface area contributed by atoms with Crippen LogP contribution in [0.5, 0.6) is 0 Å². The standard InChI is InChI=1S/C4H8N2OSSi2/c7-2-1(9)3(10)6-4(8)5-2/h9-10H3,(H2,5,6,7,8). The molecule has 0 aliphatic heterocycles. The molecule has 0 fully saturated rings. The highest BCUT2D eigenvalue weighted by molar-refractivity contribution is 7.71. The summed E-state index contributed by atoms with van der Waals surface area (Å²) in [4.78, 5) is 16.5. The number of rotatable bonds is 0. The highest BCUT2D eigenvalue weighted by Crippen LogP contribution is 1.62. The second kappa shape index (κ2) is 2.64. The summed E-state index contributed by atoms with van der Waals surface area (Å²) < 4.78 is 0.439. The summed E-state index contributed by atoms with van der Waals surface area (Å²) >= 11 is 4.77. The third-order valence-corrected chi connectivity index (χ3v) is 4.84. The Hall–Kier alpha value is -0.466. The minimum Gasteiger partial charge on any atom is -0.341 e. The molecule has 1 rings (SSSR count). The van der Waals surface area contributed by atoms with Gasteiger partial charge < -0.3 is 4.98 Å². The molecule has 3 nitrogen and oxygen atoms in total. The molecule has 0 amide bonds. The van der Waals surface area contributed by atoms with Crippen LogP contribution in [0.2, 0.25) is 0 Å². The fourth-order valence-corrected chi connectivity index (χ4v) is 1.82. The molecular weight excluding hydrogens is 180 g/mol. The molecule has 10 heavy (non-hydrogen) atoms. The Morgan fingerprint density at radius 2 is 1.90 bits per heavy atom. The summed E-state index contributed by atoms with van der Waals surface area (Å²) in [6.07, 6.45) is 0. The Morgan fingerprint density at radius 1 is 1.30 bits per heavy atom. The van der Waals surface area contributed by atoms with Gasteiger partial charge in [0, 0.05) is 15.4 Å². The lowest BCUT2D eigenvalue weighted by molar-refractivity contribution is 1.13. The average Bonchev–Trinajstić information content (AvgIpc) is 1.82. The van der Waals surface area contributed by atoms with Gasteiger partial charge in [-0.2, -0.15) is 0 Å². The molecule has 6 heteroatoms. The van der Waals surface area contributed by atoms with Crippen molar-refractivity contribution in [2.75, 3.05) is 0 Å². The number of hydrogen-bond donors (Lipinski definition) is 2. The Kier molecular flexibility index (Phi) is 2.02. The van der Waals surface area contributed by atoms with Crippen LogP contribution in [0.3, 0.4) is 0 Å². The quantitative estimate of drug-likeness (QED) is 0.327. The van der Waals surface area contributed by atoms with Crippen LogP contribution in [-0.4, -0.2) is 30.5 Å². The van der Waals surface area contributed by atoms with Crippen LogP contribution in [0.1, 0.15) is 0 Å². The lowest BCUT2D eigenvalue weighted by Crippen LogP contribution is -2.42. The molecule has 1 heterocycles. The van der Waals surface area contributed by atoms with Gasteiger partial charge in [0.15, 0.2) is 4.77 Å². The van der Waals surface area contributed by atoms with Gasteiger partial charge in [0.1, 0.15) is 0 Å². The summed E-state index contributed by atoms with van der Waals surface area (Å²) in [5.74, 6) is 0. The van der Waals surface area contributed by atoms with Crippen molar-refractivity contribution in [2.24, 2.45) is 0 Å². The van der Waals surface area contributed by atoms with Gasteiger partial charge in [0.05, 0.1) is 10.2 Å². The minimum absolute atomic E-state index is 0.0135. The molecule has 0 unspecified atom stereocenters. The van der Waals surface area contributed by atoms with Gasteiger partial charge in [-0.3, -0.25) is 9.78 Å². The third-order valence-electron chi connectivity index (χ3n) is 1.43. The summed E-state index contributed by atoms with van der Waals surface area (Å²) in [5.41, 5.74) is -0.0135. The molecule has 0 aliphatic carbocycles. The van der Waals surface area contributed by atoms with Crippen molar-refractivity contribution in [3.63, 3.8) is 0 Å². The molecule has 0 spiro atoms. The van der Waals surface area contributed by atoms with Crippen molar-refractivity contribution in [3.8, 4) is 0 Å². The van der Waals surface area contributed by atoms with E-state index >= 15 is 0 Å². The lowest BCUT2D eigenvalue weighted by Gasteiger charge is -1.95. The van der Waals surface area contributed by atoms with E-state index in [1.54, 1.807) is 0 Å². The van der Waals surface area contributed by atoms with Crippen LogP contribution < -0.4 is 16.1 Å². The first-order valence-corrected chi connectivity index (χ1v) is 5.32. The van der Waals surface area contributed by atoms with Crippen molar-refractivity contribution in [1.29, 1.82) is 0 Å². The molecule has 0 atom stereocenters. The van der Waals surface area contributed by atoms with Gasteiger partial charge in [-0.25, -0.2) is 0 Å². The van der Waals surface area contributed by atoms with Crippen LogP contribution in [-0.2, 0) is 0 Å². The zero-order valence-corrected chi connectivity index (χ0v) is 10.6. The lowest BCUT2D eigenvalue weighted by atomic mass is 10.6. The normalized spacial score (nSPS) is 10.4. The molecule has 0 aromatic carbocycles. The number of H-pyrrole nitrogens is 2. The molecule has 0 radical (unpaired) electrons. The fourth-order valence-electron chi connectivity index (χ4n) is 0.662. The van der Waals surface area contributed by atoms with Crippen LogP contribution in [0.4, 0.5) is 0 Å². The molecule has 0 aliphatic rings. The third kappa shape index (κ3) is 1.33. The first-order valence-electron chi connectivity index (χ1n) is 2.91. The number of nitrogens with one attached hydrogen (secondary N) is 2. The van der Waals surface area contributed by atoms with Crippen molar-refractivity contribution >= 4 is 43.2 Å². The molecule has 1 aromatic heterocycles. The average molecular weight is 188 g/mol. The topological polar surface area (TPSA) is 48.6 Å². The summed E-state index contributed by atoms with van der Waals surface area (Å²) in [6, 6.07) is 0. The van der Waals surface area contributed by atoms with Crippen LogP contribution in [0.15, 0.2) is 4.79 Å². The van der Waals surface area contributed by atoms with E-state index in [0.717, 1.165) is 31.0 Å². The van der Waals surface area contributed by atoms with Crippen LogP contribution >= 0.6 is 12.2 Å². The molecule has 2 N–H and O–H groups in total. The zero-order valence-electron chi connectivity index (χ0n) is 5.82. The first kappa shape index (κ1) is 7.64. The van der Waals surface area contributed by atoms with E-state index in [9.17, 15) is 4.79 Å². The van der Waals surface area contributed by atoms with E-state index in [1.807, 2.05) is 0 Å². The van der Waals surface area contributed by atoms with Gasteiger partial charge in [-0.05, 0) is 17.5 Å². The molecule has 0 bridgehead atoms. The van der Waals surface area contributed by atoms with E-state index in [2.05, 4.69) is 9.97 Å². The number of aromatic nitrogens is 2. The van der Waals surface area contributed by atoms with Crippen molar-refractivity contribution in [2.45, 2.75) is 0 Å². The van der Waals surface area contributed by atoms with Crippen molar-refractivity contribution in [3.05, 3.63) is 15.1 Å². The van der Waals surface area contributed by atoms with Crippen LogP contribution in [0.25, 0.3) is 0 Å². The predicted octanol–water partition coefficient (Wildman–Crippen LogP) is -3.59. The van der Waals surface area contributed by atoms with E-state index in [4.69, 9.17) is 12.2 Å². The summed E-state index contributed by atoms with van der Waals surface area (Å²) in [6.45, 7) is 0. The van der Waals surface area contributed by atoms with Crippen molar-refractivity contribution in [1.82, 2.24) is 9.97 Å². The van der Waals surface area contributed by atoms with E-state index < -0.39 is 0 Å². The van der Waals surface area contributed by atoms with Gasteiger partial charge >= 0.3 is 0 Å². The Balaban J connectivity index is 3.62. The fraction of sp³-hybridized carbons (Fsp3) is 0. The molecule has 0 saturated carbocycles. The first-order chi connectivity index (χ1) is 4.61. The monoisotopic (exact) mass is 188 g/mol. The van der Waals surface area contributed by atoms with Gasteiger partial charge in [0.25, 0.3) is 0 Å². The van der Waals surface area contributed by atoms with Gasteiger partial charge in [-0.1, -0.05) is 0 Å². The van der Waals surface area contributed by atoms with Crippen LogP contribution in [0, 0.1) is 4.77 Å². The largest absolute Gasteiger partial charge is 0.341 e. The second-order valence-corrected chi connectivity index (χ2v) is 4.57. The maximum atomic E-state index is 11.0. The van der Waals surface area contributed by atoms with Gasteiger partial charge in [-0.15, -0.1) is 0 Å². The molecule has 0 saturated heterocycles. The number of hydrogen-bond acceptors (Lipinski definition) is 2. The highest BCUT2D eigenvalue weighted by atomic mass is 32.1. The van der Waals surface area contributed by atoms with Crippen molar-refractivity contribution < 1.29 is 0 Å². The molecule has 54 valence electrons. The van der Waals surface area contributed by atoms with E-state index in [1.165, 1.54) is 0 Å².